The number of hydrogen-bond donors (Lipinski definition) is 0. The van der Waals surface area contributed by atoms with Crippen LogP contribution in [0.2, 0.25) is 0 Å². The Morgan fingerprint density at radius 1 is 1.42 bits per heavy atom. The number of fused-ring (bicyclic) bond motifs is 1. The van der Waals surface area contributed by atoms with Crippen molar-refractivity contribution in [3.8, 4) is 11.3 Å². The molecule has 7 nitrogen and oxygen atoms in total. The van der Waals surface area contributed by atoms with E-state index >= 15 is 0 Å². The van der Waals surface area contributed by atoms with E-state index in [0.29, 0.717) is 31.8 Å². The molecule has 8 heteroatoms. The first-order valence-corrected chi connectivity index (χ1v) is 7.96. The Labute approximate surface area is 138 Å². The lowest BCUT2D eigenvalue weighted by Gasteiger charge is -2.32. The predicted octanol–water partition coefficient (Wildman–Crippen LogP) is 0.890. The summed E-state index contributed by atoms with van der Waals surface area (Å²) in [6, 6.07) is 1.91. The van der Waals surface area contributed by atoms with Gasteiger partial charge in [0.1, 0.15) is 0 Å². The Bertz CT molecular complexity index is 785. The van der Waals surface area contributed by atoms with Crippen LogP contribution in [0, 0.1) is 0 Å². The SMILES string of the molecule is Cn1cc(-c2cc3c(nn2)CCN(C(=O)C2(F)CCOC2)C3)cn1. The van der Waals surface area contributed by atoms with Gasteiger partial charge < -0.3 is 9.64 Å². The molecular weight excluding hydrogens is 313 g/mol. The molecule has 0 aliphatic carbocycles. The molecule has 1 amide bonds. The molecule has 126 valence electrons. The molecular formula is C16H18FN5O2. The van der Waals surface area contributed by atoms with Crippen molar-refractivity contribution in [2.45, 2.75) is 25.1 Å². The normalized spacial score (nSPS) is 23.3. The summed E-state index contributed by atoms with van der Waals surface area (Å²) in [6.45, 7) is 0.953. The number of halogens is 1. The second-order valence-corrected chi connectivity index (χ2v) is 6.35. The molecule has 2 aromatic rings. The van der Waals surface area contributed by atoms with Gasteiger partial charge in [-0.25, -0.2) is 4.39 Å². The summed E-state index contributed by atoms with van der Waals surface area (Å²) in [7, 11) is 1.83. The number of amides is 1. The molecule has 0 spiro atoms. The van der Waals surface area contributed by atoms with Gasteiger partial charge in [0, 0.05) is 44.7 Å². The summed E-state index contributed by atoms with van der Waals surface area (Å²) in [5, 5.41) is 12.6. The van der Waals surface area contributed by atoms with Crippen LogP contribution in [0.3, 0.4) is 0 Å². The van der Waals surface area contributed by atoms with Crippen LogP contribution < -0.4 is 0 Å². The van der Waals surface area contributed by atoms with Gasteiger partial charge in [-0.2, -0.15) is 15.3 Å². The predicted molar refractivity (Wildman–Crippen MR) is 82.6 cm³/mol. The molecule has 2 aliphatic heterocycles. The fourth-order valence-corrected chi connectivity index (χ4v) is 3.19. The number of hydrogen-bond acceptors (Lipinski definition) is 5. The summed E-state index contributed by atoms with van der Waals surface area (Å²) in [5.74, 6) is -0.481. The largest absolute Gasteiger partial charge is 0.377 e. The summed E-state index contributed by atoms with van der Waals surface area (Å²) in [5.41, 5.74) is 1.45. The third-order valence-electron chi connectivity index (χ3n) is 4.58. The minimum atomic E-state index is -1.88. The summed E-state index contributed by atoms with van der Waals surface area (Å²) >= 11 is 0. The van der Waals surface area contributed by atoms with Crippen LogP contribution in [0.15, 0.2) is 18.5 Å². The molecule has 0 saturated carbocycles. The molecule has 0 bridgehead atoms. The van der Waals surface area contributed by atoms with Crippen LogP contribution in [0.25, 0.3) is 11.3 Å². The van der Waals surface area contributed by atoms with Gasteiger partial charge in [-0.1, -0.05) is 0 Å². The Morgan fingerprint density at radius 2 is 2.29 bits per heavy atom. The second kappa shape index (κ2) is 5.62. The zero-order valence-electron chi connectivity index (χ0n) is 13.4. The van der Waals surface area contributed by atoms with Crippen molar-refractivity contribution < 1.29 is 13.9 Å². The van der Waals surface area contributed by atoms with Crippen molar-refractivity contribution >= 4 is 5.91 Å². The van der Waals surface area contributed by atoms with Crippen molar-refractivity contribution in [3.05, 3.63) is 29.7 Å². The zero-order chi connectivity index (χ0) is 16.7. The monoisotopic (exact) mass is 331 g/mol. The average Bonchev–Trinajstić information content (AvgIpc) is 3.22. The van der Waals surface area contributed by atoms with Crippen molar-refractivity contribution in [2.24, 2.45) is 7.05 Å². The number of aromatic nitrogens is 4. The number of aryl methyl sites for hydroxylation is 1. The highest BCUT2D eigenvalue weighted by Crippen LogP contribution is 2.29. The van der Waals surface area contributed by atoms with Crippen LogP contribution in [-0.2, 0) is 29.5 Å². The average molecular weight is 331 g/mol. The standard InChI is InChI=1S/C16H18FN5O2/c1-21-8-12(7-18-21)14-6-11-9-22(4-2-13(11)19-20-14)15(23)16(17)3-5-24-10-16/h6-8H,2-5,9-10H2,1H3. The first-order chi connectivity index (χ1) is 11.5. The van der Waals surface area contributed by atoms with E-state index < -0.39 is 11.6 Å². The van der Waals surface area contributed by atoms with E-state index in [1.54, 1.807) is 15.8 Å². The summed E-state index contributed by atoms with van der Waals surface area (Å²) in [4.78, 5) is 14.1. The molecule has 1 saturated heterocycles. The van der Waals surface area contributed by atoms with Crippen LogP contribution in [0.5, 0.6) is 0 Å². The van der Waals surface area contributed by atoms with Gasteiger partial charge in [-0.05, 0) is 11.6 Å². The summed E-state index contributed by atoms with van der Waals surface area (Å²) in [6.07, 6.45) is 4.28. The van der Waals surface area contributed by atoms with E-state index in [4.69, 9.17) is 4.74 Å². The van der Waals surface area contributed by atoms with E-state index in [1.165, 1.54) is 0 Å². The molecule has 2 aromatic heterocycles. The highest BCUT2D eigenvalue weighted by Gasteiger charge is 2.45. The van der Waals surface area contributed by atoms with Gasteiger partial charge in [0.25, 0.3) is 5.91 Å². The third-order valence-corrected chi connectivity index (χ3v) is 4.58. The molecule has 0 radical (unpaired) electrons. The van der Waals surface area contributed by atoms with E-state index in [2.05, 4.69) is 15.3 Å². The maximum atomic E-state index is 14.7. The molecule has 0 N–H and O–H groups in total. The molecule has 0 aromatic carbocycles. The number of carbonyl (C=O) groups excluding carboxylic acids is 1. The highest BCUT2D eigenvalue weighted by atomic mass is 19.1. The van der Waals surface area contributed by atoms with E-state index in [0.717, 1.165) is 16.8 Å². The van der Waals surface area contributed by atoms with Gasteiger partial charge >= 0.3 is 0 Å². The maximum Gasteiger partial charge on any atom is 0.263 e. The van der Waals surface area contributed by atoms with Gasteiger partial charge in [0.15, 0.2) is 0 Å². The molecule has 24 heavy (non-hydrogen) atoms. The van der Waals surface area contributed by atoms with Crippen LogP contribution in [-0.4, -0.2) is 56.2 Å². The summed E-state index contributed by atoms with van der Waals surface area (Å²) < 4.78 is 21.4. The van der Waals surface area contributed by atoms with Crippen molar-refractivity contribution in [3.63, 3.8) is 0 Å². The van der Waals surface area contributed by atoms with E-state index in [-0.39, 0.29) is 13.0 Å². The fourth-order valence-electron chi connectivity index (χ4n) is 3.19. The topological polar surface area (TPSA) is 73.1 Å². The zero-order valence-corrected chi connectivity index (χ0v) is 13.4. The van der Waals surface area contributed by atoms with E-state index in [9.17, 15) is 9.18 Å². The Hall–Kier alpha value is -2.35. The maximum absolute atomic E-state index is 14.7. The Balaban J connectivity index is 1.58. The van der Waals surface area contributed by atoms with Crippen molar-refractivity contribution in [1.29, 1.82) is 0 Å². The molecule has 2 aliphatic rings. The number of nitrogens with zero attached hydrogens (tertiary/aromatic N) is 5. The molecule has 4 heterocycles. The minimum Gasteiger partial charge on any atom is -0.377 e. The lowest BCUT2D eigenvalue weighted by atomic mass is 9.99. The van der Waals surface area contributed by atoms with Crippen molar-refractivity contribution in [1.82, 2.24) is 24.9 Å². The molecule has 1 unspecified atom stereocenters. The quantitative estimate of drug-likeness (QED) is 0.817. The smallest absolute Gasteiger partial charge is 0.263 e. The fraction of sp³-hybridized carbons (Fsp3) is 0.500. The van der Waals surface area contributed by atoms with Crippen LogP contribution in [0.4, 0.5) is 4.39 Å². The van der Waals surface area contributed by atoms with Gasteiger partial charge in [-0.15, -0.1) is 0 Å². The first-order valence-electron chi connectivity index (χ1n) is 7.96. The highest BCUT2D eigenvalue weighted by molar-refractivity contribution is 5.86. The number of rotatable bonds is 2. The number of ether oxygens (including phenoxy) is 1. The Kier molecular flexibility index (Phi) is 3.56. The lowest BCUT2D eigenvalue weighted by molar-refractivity contribution is -0.145. The minimum absolute atomic E-state index is 0.130. The Morgan fingerprint density at radius 3 is 3.00 bits per heavy atom. The number of carbonyl (C=O) groups is 1. The molecule has 1 atom stereocenters. The first kappa shape index (κ1) is 15.2. The number of alkyl halides is 1. The second-order valence-electron chi connectivity index (χ2n) is 6.35. The van der Waals surface area contributed by atoms with E-state index in [1.807, 2.05) is 19.3 Å². The third kappa shape index (κ3) is 2.56. The van der Waals surface area contributed by atoms with Crippen molar-refractivity contribution in [2.75, 3.05) is 19.8 Å². The molecule has 1 fully saturated rings. The van der Waals surface area contributed by atoms with Crippen LogP contribution >= 0.6 is 0 Å². The van der Waals surface area contributed by atoms with Crippen LogP contribution in [0.1, 0.15) is 17.7 Å². The lowest BCUT2D eigenvalue weighted by Crippen LogP contribution is -2.48. The molecule has 4 rings (SSSR count). The van der Waals surface area contributed by atoms with Gasteiger partial charge in [0.05, 0.1) is 30.8 Å². The van der Waals surface area contributed by atoms with Gasteiger partial charge in [0.2, 0.25) is 5.67 Å². The van der Waals surface area contributed by atoms with Gasteiger partial charge in [-0.3, -0.25) is 9.48 Å².